The molecule has 2 aromatic rings. The van der Waals surface area contributed by atoms with Crippen LogP contribution >= 0.6 is 0 Å². The van der Waals surface area contributed by atoms with E-state index in [1.54, 1.807) is 6.20 Å². The number of anilines is 1. The van der Waals surface area contributed by atoms with Gasteiger partial charge < -0.3 is 10.2 Å². The molecule has 110 valence electrons. The van der Waals surface area contributed by atoms with E-state index in [2.05, 4.69) is 17.2 Å². The molecule has 1 heterocycles. The average molecular weight is 283 g/mol. The molecule has 1 aliphatic carbocycles. The third-order valence-electron chi connectivity index (χ3n) is 4.50. The lowest BCUT2D eigenvalue weighted by Crippen LogP contribution is -2.36. The second-order valence-electron chi connectivity index (χ2n) is 5.81. The number of nitrogens with zero attached hydrogens (tertiary/aromatic N) is 2. The number of pyridine rings is 1. The van der Waals surface area contributed by atoms with E-state index in [4.69, 9.17) is 0 Å². The molecule has 3 rings (SSSR count). The van der Waals surface area contributed by atoms with E-state index in [-0.39, 0.29) is 5.91 Å². The Bertz CT molecular complexity index is 679. The van der Waals surface area contributed by atoms with Gasteiger partial charge in [0.25, 0.3) is 5.91 Å². The third-order valence-corrected chi connectivity index (χ3v) is 4.50. The Kier molecular flexibility index (Phi) is 3.53. The summed E-state index contributed by atoms with van der Waals surface area (Å²) in [6.07, 6.45) is 4.15. The quantitative estimate of drug-likeness (QED) is 0.937. The van der Waals surface area contributed by atoms with Gasteiger partial charge in [-0.15, -0.1) is 0 Å². The van der Waals surface area contributed by atoms with E-state index >= 15 is 0 Å². The van der Waals surface area contributed by atoms with Crippen LogP contribution < -0.4 is 5.32 Å². The first-order valence-corrected chi connectivity index (χ1v) is 7.46. The van der Waals surface area contributed by atoms with E-state index in [1.807, 2.05) is 43.3 Å². The molecular weight excluding hydrogens is 262 g/mol. The molecule has 21 heavy (non-hydrogen) atoms. The van der Waals surface area contributed by atoms with Crippen molar-refractivity contribution < 1.29 is 4.79 Å². The van der Waals surface area contributed by atoms with Gasteiger partial charge in [0, 0.05) is 31.7 Å². The molecule has 0 spiro atoms. The Morgan fingerprint density at radius 1 is 1.33 bits per heavy atom. The van der Waals surface area contributed by atoms with Gasteiger partial charge in [-0.1, -0.05) is 24.3 Å². The van der Waals surface area contributed by atoms with Crippen LogP contribution in [-0.2, 0) is 0 Å². The van der Waals surface area contributed by atoms with Crippen LogP contribution in [0.4, 0.5) is 5.82 Å². The molecule has 4 nitrogen and oxygen atoms in total. The zero-order valence-corrected chi connectivity index (χ0v) is 12.8. The lowest BCUT2D eigenvalue weighted by molar-refractivity contribution is 0.0729. The number of amides is 1. The average Bonchev–Trinajstić information content (AvgIpc) is 3.36. The number of benzene rings is 1. The lowest BCUT2D eigenvalue weighted by atomic mass is 10.0. The molecule has 1 aromatic heterocycles. The number of carbonyl (C=O) groups is 1. The zero-order chi connectivity index (χ0) is 15.0. The minimum absolute atomic E-state index is 0.0563. The van der Waals surface area contributed by atoms with Crippen LogP contribution in [0.1, 0.15) is 30.1 Å². The smallest absolute Gasteiger partial charge is 0.256 e. The van der Waals surface area contributed by atoms with E-state index < -0.39 is 0 Å². The summed E-state index contributed by atoms with van der Waals surface area (Å²) < 4.78 is 0. The fourth-order valence-corrected chi connectivity index (χ4v) is 2.83. The van der Waals surface area contributed by atoms with Gasteiger partial charge in [-0.25, -0.2) is 4.98 Å². The molecule has 1 amide bonds. The Hall–Kier alpha value is -2.10. The number of aromatic nitrogens is 1. The second kappa shape index (κ2) is 5.35. The number of nitrogens with one attached hydrogen (secondary N) is 1. The second-order valence-corrected chi connectivity index (χ2v) is 5.81. The lowest BCUT2D eigenvalue weighted by Gasteiger charge is -2.25. The van der Waals surface area contributed by atoms with Crippen LogP contribution in [0.3, 0.4) is 0 Å². The molecule has 0 saturated heterocycles. The molecule has 1 saturated carbocycles. The van der Waals surface area contributed by atoms with Crippen molar-refractivity contribution in [1.29, 1.82) is 0 Å². The maximum absolute atomic E-state index is 12.8. The highest BCUT2D eigenvalue weighted by Gasteiger charge is 2.33. The molecule has 1 aliphatic rings. The topological polar surface area (TPSA) is 45.2 Å². The van der Waals surface area contributed by atoms with E-state index in [0.29, 0.717) is 17.5 Å². The summed E-state index contributed by atoms with van der Waals surface area (Å²) in [6.45, 7) is 2.13. The van der Waals surface area contributed by atoms with Crippen LogP contribution in [0.15, 0.2) is 30.5 Å². The fraction of sp³-hybridized carbons (Fsp3) is 0.412. The minimum Gasteiger partial charge on any atom is -0.373 e. The first kappa shape index (κ1) is 13.9. The van der Waals surface area contributed by atoms with Crippen molar-refractivity contribution in [2.24, 2.45) is 5.92 Å². The van der Waals surface area contributed by atoms with Gasteiger partial charge in [0.1, 0.15) is 5.82 Å². The first-order valence-electron chi connectivity index (χ1n) is 7.46. The summed E-state index contributed by atoms with van der Waals surface area (Å²) in [5.74, 6) is 1.52. The van der Waals surface area contributed by atoms with Gasteiger partial charge in [0.15, 0.2) is 0 Å². The first-order chi connectivity index (χ1) is 10.1. The van der Waals surface area contributed by atoms with Gasteiger partial charge >= 0.3 is 0 Å². The highest BCUT2D eigenvalue weighted by atomic mass is 16.2. The third kappa shape index (κ3) is 2.46. The zero-order valence-electron chi connectivity index (χ0n) is 12.8. The predicted molar refractivity (Wildman–Crippen MR) is 85.6 cm³/mol. The van der Waals surface area contributed by atoms with Crippen molar-refractivity contribution in [2.75, 3.05) is 19.4 Å². The summed E-state index contributed by atoms with van der Waals surface area (Å²) in [4.78, 5) is 19.0. The van der Waals surface area contributed by atoms with Gasteiger partial charge in [-0.05, 0) is 31.1 Å². The Balaban J connectivity index is 2.02. The van der Waals surface area contributed by atoms with Gasteiger partial charge in [0.05, 0.1) is 5.56 Å². The SMILES string of the molecule is CNc1ncc(C(=O)N(C)C(C)C2CC2)c2ccccc12. The summed E-state index contributed by atoms with van der Waals surface area (Å²) in [6, 6.07) is 8.20. The van der Waals surface area contributed by atoms with Crippen molar-refractivity contribution in [2.45, 2.75) is 25.8 Å². The number of fused-ring (bicyclic) bond motifs is 1. The van der Waals surface area contributed by atoms with Crippen molar-refractivity contribution in [3.63, 3.8) is 0 Å². The molecule has 4 heteroatoms. The fourth-order valence-electron chi connectivity index (χ4n) is 2.83. The highest BCUT2D eigenvalue weighted by molar-refractivity contribution is 6.09. The molecular formula is C17H21N3O. The number of hydrogen-bond donors (Lipinski definition) is 1. The maximum Gasteiger partial charge on any atom is 0.256 e. The summed E-state index contributed by atoms with van der Waals surface area (Å²) in [5.41, 5.74) is 0.680. The van der Waals surface area contributed by atoms with E-state index in [0.717, 1.165) is 16.6 Å². The Morgan fingerprint density at radius 2 is 2.00 bits per heavy atom. The maximum atomic E-state index is 12.8. The van der Waals surface area contributed by atoms with Gasteiger partial charge in [-0.3, -0.25) is 4.79 Å². The summed E-state index contributed by atoms with van der Waals surface area (Å²) in [5, 5.41) is 5.02. The minimum atomic E-state index is 0.0563. The summed E-state index contributed by atoms with van der Waals surface area (Å²) >= 11 is 0. The van der Waals surface area contributed by atoms with Crippen LogP contribution in [0.25, 0.3) is 10.8 Å². The molecule has 1 fully saturated rings. The van der Waals surface area contributed by atoms with Crippen molar-refractivity contribution >= 4 is 22.5 Å². The molecule has 0 radical (unpaired) electrons. The molecule has 0 aliphatic heterocycles. The predicted octanol–water partition coefficient (Wildman–Crippen LogP) is 3.15. The molecule has 1 aromatic carbocycles. The number of carbonyl (C=O) groups excluding carboxylic acids is 1. The molecule has 1 atom stereocenters. The molecule has 0 bridgehead atoms. The largest absolute Gasteiger partial charge is 0.373 e. The van der Waals surface area contributed by atoms with Crippen LogP contribution in [0.2, 0.25) is 0 Å². The van der Waals surface area contributed by atoms with Crippen LogP contribution in [0.5, 0.6) is 0 Å². The van der Waals surface area contributed by atoms with Crippen LogP contribution in [0, 0.1) is 5.92 Å². The van der Waals surface area contributed by atoms with E-state index in [1.165, 1.54) is 12.8 Å². The summed E-state index contributed by atoms with van der Waals surface area (Å²) in [7, 11) is 3.74. The standard InChI is InChI=1S/C17H21N3O/c1-11(12-8-9-12)20(3)17(21)15-10-19-16(18-2)14-7-5-4-6-13(14)15/h4-7,10-12H,8-9H2,1-3H3,(H,18,19). The van der Waals surface area contributed by atoms with E-state index in [9.17, 15) is 4.79 Å². The normalized spacial score (nSPS) is 15.8. The monoisotopic (exact) mass is 283 g/mol. The number of hydrogen-bond acceptors (Lipinski definition) is 3. The Labute approximate surface area is 125 Å². The highest BCUT2D eigenvalue weighted by Crippen LogP contribution is 2.35. The van der Waals surface area contributed by atoms with Crippen molar-refractivity contribution in [3.8, 4) is 0 Å². The number of rotatable bonds is 4. The Morgan fingerprint density at radius 3 is 2.62 bits per heavy atom. The molecule has 1 unspecified atom stereocenters. The van der Waals surface area contributed by atoms with Gasteiger partial charge in [0.2, 0.25) is 0 Å². The van der Waals surface area contributed by atoms with Crippen molar-refractivity contribution in [3.05, 3.63) is 36.0 Å². The molecule has 1 N–H and O–H groups in total. The van der Waals surface area contributed by atoms with Crippen LogP contribution in [-0.4, -0.2) is 35.9 Å². The van der Waals surface area contributed by atoms with Gasteiger partial charge in [-0.2, -0.15) is 0 Å². The van der Waals surface area contributed by atoms with Crippen molar-refractivity contribution in [1.82, 2.24) is 9.88 Å².